The topological polar surface area (TPSA) is 42.1 Å². The van der Waals surface area contributed by atoms with Crippen molar-refractivity contribution in [2.24, 2.45) is 0 Å². The minimum Gasteiger partial charge on any atom is -0.497 e. The SMILES string of the molecule is COc1ccc2c(C(=O)c3ccc(C)cc3)c(C)[nH]c2c1. The molecule has 2 aromatic carbocycles. The van der Waals surface area contributed by atoms with Crippen molar-refractivity contribution in [2.45, 2.75) is 13.8 Å². The summed E-state index contributed by atoms with van der Waals surface area (Å²) >= 11 is 0. The molecule has 3 rings (SSSR count). The van der Waals surface area contributed by atoms with Gasteiger partial charge in [0.05, 0.1) is 18.2 Å². The van der Waals surface area contributed by atoms with Gasteiger partial charge in [0, 0.05) is 22.7 Å². The van der Waals surface area contributed by atoms with Gasteiger partial charge in [0.15, 0.2) is 5.78 Å². The van der Waals surface area contributed by atoms with Crippen LogP contribution < -0.4 is 4.74 Å². The van der Waals surface area contributed by atoms with E-state index in [9.17, 15) is 4.79 Å². The van der Waals surface area contributed by atoms with E-state index in [0.29, 0.717) is 5.56 Å². The molecule has 21 heavy (non-hydrogen) atoms. The maximum atomic E-state index is 12.8. The zero-order valence-electron chi connectivity index (χ0n) is 12.4. The molecule has 0 aliphatic rings. The van der Waals surface area contributed by atoms with Crippen LogP contribution in [0.3, 0.4) is 0 Å². The zero-order chi connectivity index (χ0) is 15.0. The Morgan fingerprint density at radius 1 is 1.05 bits per heavy atom. The van der Waals surface area contributed by atoms with E-state index in [-0.39, 0.29) is 5.78 Å². The van der Waals surface area contributed by atoms with Crippen LogP contribution in [-0.4, -0.2) is 17.9 Å². The van der Waals surface area contributed by atoms with Crippen molar-refractivity contribution >= 4 is 16.7 Å². The van der Waals surface area contributed by atoms with Gasteiger partial charge < -0.3 is 9.72 Å². The highest BCUT2D eigenvalue weighted by Crippen LogP contribution is 2.27. The number of hydrogen-bond acceptors (Lipinski definition) is 2. The lowest BCUT2D eigenvalue weighted by Gasteiger charge is -2.03. The molecule has 3 aromatic rings. The molecule has 0 unspecified atom stereocenters. The number of benzene rings is 2. The summed E-state index contributed by atoms with van der Waals surface area (Å²) in [4.78, 5) is 16.0. The number of methoxy groups -OCH3 is 1. The van der Waals surface area contributed by atoms with Crippen LogP contribution in [0.1, 0.15) is 27.2 Å². The highest BCUT2D eigenvalue weighted by molar-refractivity contribution is 6.17. The first-order valence-corrected chi connectivity index (χ1v) is 6.88. The molecule has 0 fully saturated rings. The fourth-order valence-corrected chi connectivity index (χ4v) is 2.58. The van der Waals surface area contributed by atoms with E-state index in [2.05, 4.69) is 4.98 Å². The summed E-state index contributed by atoms with van der Waals surface area (Å²) in [5.74, 6) is 0.821. The molecule has 1 heterocycles. The van der Waals surface area contributed by atoms with E-state index in [4.69, 9.17) is 4.74 Å². The molecular formula is C18H17NO2. The van der Waals surface area contributed by atoms with E-state index < -0.39 is 0 Å². The Kier molecular flexibility index (Phi) is 3.26. The lowest BCUT2D eigenvalue weighted by atomic mass is 9.99. The predicted molar refractivity (Wildman–Crippen MR) is 84.2 cm³/mol. The van der Waals surface area contributed by atoms with Crippen molar-refractivity contribution in [1.29, 1.82) is 0 Å². The van der Waals surface area contributed by atoms with Crippen molar-refractivity contribution in [1.82, 2.24) is 4.98 Å². The van der Waals surface area contributed by atoms with Crippen LogP contribution in [0.4, 0.5) is 0 Å². The van der Waals surface area contributed by atoms with E-state index >= 15 is 0 Å². The monoisotopic (exact) mass is 279 g/mol. The second kappa shape index (κ2) is 5.09. The number of aromatic amines is 1. The third-order valence-electron chi connectivity index (χ3n) is 3.73. The van der Waals surface area contributed by atoms with E-state index in [0.717, 1.165) is 33.5 Å². The lowest BCUT2D eigenvalue weighted by Crippen LogP contribution is -2.02. The molecule has 0 bridgehead atoms. The summed E-state index contributed by atoms with van der Waals surface area (Å²) in [7, 11) is 1.63. The van der Waals surface area contributed by atoms with E-state index in [1.165, 1.54) is 0 Å². The van der Waals surface area contributed by atoms with Gasteiger partial charge in [-0.25, -0.2) is 0 Å². The number of ether oxygens (including phenoxy) is 1. The smallest absolute Gasteiger partial charge is 0.195 e. The molecule has 0 amide bonds. The van der Waals surface area contributed by atoms with Crippen LogP contribution in [0, 0.1) is 13.8 Å². The first kappa shape index (κ1) is 13.4. The van der Waals surface area contributed by atoms with Gasteiger partial charge in [-0.05, 0) is 26.0 Å². The van der Waals surface area contributed by atoms with Gasteiger partial charge >= 0.3 is 0 Å². The molecule has 0 spiro atoms. The summed E-state index contributed by atoms with van der Waals surface area (Å²) in [6.45, 7) is 3.94. The van der Waals surface area contributed by atoms with Gasteiger partial charge in [0.1, 0.15) is 5.75 Å². The molecule has 1 N–H and O–H groups in total. The number of carbonyl (C=O) groups excluding carboxylic acids is 1. The molecule has 0 radical (unpaired) electrons. The van der Waals surface area contributed by atoms with Gasteiger partial charge in [-0.3, -0.25) is 4.79 Å². The molecule has 0 aliphatic heterocycles. The molecule has 106 valence electrons. The largest absolute Gasteiger partial charge is 0.497 e. The molecule has 3 nitrogen and oxygen atoms in total. The second-order valence-electron chi connectivity index (χ2n) is 5.23. The highest BCUT2D eigenvalue weighted by atomic mass is 16.5. The molecule has 3 heteroatoms. The predicted octanol–water partition coefficient (Wildman–Crippen LogP) is 4.02. The lowest BCUT2D eigenvalue weighted by molar-refractivity contribution is 0.103. The number of aryl methyl sites for hydroxylation is 2. The standard InChI is InChI=1S/C18H17NO2/c1-11-4-6-13(7-5-11)18(20)17-12(2)19-16-10-14(21-3)8-9-15(16)17/h4-10,19H,1-3H3. The molecule has 0 atom stereocenters. The van der Waals surface area contributed by atoms with Crippen LogP contribution in [0.5, 0.6) is 5.75 Å². The minimum atomic E-state index is 0.0453. The Balaban J connectivity index is 2.13. The average Bonchev–Trinajstić information content (AvgIpc) is 2.82. The number of ketones is 1. The van der Waals surface area contributed by atoms with Crippen LogP contribution in [0.2, 0.25) is 0 Å². The minimum absolute atomic E-state index is 0.0453. The number of aromatic nitrogens is 1. The van der Waals surface area contributed by atoms with Gasteiger partial charge in [0.2, 0.25) is 0 Å². The number of fused-ring (bicyclic) bond motifs is 1. The highest BCUT2D eigenvalue weighted by Gasteiger charge is 2.17. The van der Waals surface area contributed by atoms with Crippen molar-refractivity contribution in [3.63, 3.8) is 0 Å². The second-order valence-corrected chi connectivity index (χ2v) is 5.23. The fraction of sp³-hybridized carbons (Fsp3) is 0.167. The number of H-pyrrole nitrogens is 1. The molecular weight excluding hydrogens is 262 g/mol. The van der Waals surface area contributed by atoms with Gasteiger partial charge in [-0.2, -0.15) is 0 Å². The Bertz CT molecular complexity index is 813. The average molecular weight is 279 g/mol. The Morgan fingerprint density at radius 3 is 2.43 bits per heavy atom. The summed E-state index contributed by atoms with van der Waals surface area (Å²) in [6, 6.07) is 13.4. The van der Waals surface area contributed by atoms with Gasteiger partial charge in [-0.1, -0.05) is 29.8 Å². The van der Waals surface area contributed by atoms with Crippen molar-refractivity contribution < 1.29 is 9.53 Å². The van der Waals surface area contributed by atoms with Crippen molar-refractivity contribution in [3.05, 3.63) is 64.8 Å². The first-order chi connectivity index (χ1) is 10.1. The molecule has 0 saturated carbocycles. The number of hydrogen-bond donors (Lipinski definition) is 1. The summed E-state index contributed by atoms with van der Waals surface area (Å²) in [6.07, 6.45) is 0. The third kappa shape index (κ3) is 2.31. The van der Waals surface area contributed by atoms with Crippen molar-refractivity contribution in [3.8, 4) is 5.75 Å². The quantitative estimate of drug-likeness (QED) is 0.736. The molecule has 1 aromatic heterocycles. The van der Waals surface area contributed by atoms with Crippen LogP contribution >= 0.6 is 0 Å². The van der Waals surface area contributed by atoms with Crippen LogP contribution in [-0.2, 0) is 0 Å². The zero-order valence-corrected chi connectivity index (χ0v) is 12.4. The fourth-order valence-electron chi connectivity index (χ4n) is 2.58. The van der Waals surface area contributed by atoms with E-state index in [1.54, 1.807) is 7.11 Å². The van der Waals surface area contributed by atoms with E-state index in [1.807, 2.05) is 56.3 Å². The first-order valence-electron chi connectivity index (χ1n) is 6.88. The molecule has 0 saturated heterocycles. The number of nitrogens with one attached hydrogen (secondary N) is 1. The van der Waals surface area contributed by atoms with Crippen LogP contribution in [0.25, 0.3) is 10.9 Å². The van der Waals surface area contributed by atoms with Gasteiger partial charge in [0.25, 0.3) is 0 Å². The summed E-state index contributed by atoms with van der Waals surface area (Å²) in [5, 5.41) is 0.930. The van der Waals surface area contributed by atoms with Crippen LogP contribution in [0.15, 0.2) is 42.5 Å². The maximum absolute atomic E-state index is 12.8. The third-order valence-corrected chi connectivity index (χ3v) is 3.73. The Labute approximate surface area is 123 Å². The normalized spacial score (nSPS) is 10.8. The van der Waals surface area contributed by atoms with Gasteiger partial charge in [-0.15, -0.1) is 0 Å². The number of rotatable bonds is 3. The Hall–Kier alpha value is -2.55. The maximum Gasteiger partial charge on any atom is 0.195 e. The molecule has 0 aliphatic carbocycles. The Morgan fingerprint density at radius 2 is 1.76 bits per heavy atom. The summed E-state index contributed by atoms with van der Waals surface area (Å²) < 4.78 is 5.22. The van der Waals surface area contributed by atoms with Crippen molar-refractivity contribution in [2.75, 3.05) is 7.11 Å². The summed E-state index contributed by atoms with van der Waals surface area (Å²) in [5.41, 5.74) is 4.38. The number of carbonyl (C=O) groups is 1.